The highest BCUT2D eigenvalue weighted by Gasteiger charge is 2.51. The Kier molecular flexibility index (Phi) is 3.59. The number of carbonyl (C=O) groups excluding carboxylic acids is 2. The second-order valence-electron chi connectivity index (χ2n) is 8.84. The molecule has 5 heteroatoms. The Morgan fingerprint density at radius 1 is 1.00 bits per heavy atom. The number of H-pyrrole nitrogens is 1. The first-order valence-corrected chi connectivity index (χ1v) is 9.75. The largest absolute Gasteiger partial charge is 0.360 e. The van der Waals surface area contributed by atoms with Crippen molar-refractivity contribution in [2.45, 2.75) is 44.9 Å². The Morgan fingerprint density at radius 3 is 2.35 bits per heavy atom. The highest BCUT2D eigenvalue weighted by molar-refractivity contribution is 6.07. The van der Waals surface area contributed by atoms with E-state index in [1.165, 1.54) is 38.5 Å². The molecule has 1 aromatic carbocycles. The fourth-order valence-corrected chi connectivity index (χ4v) is 6.34. The summed E-state index contributed by atoms with van der Waals surface area (Å²) in [5, 5.41) is 0.861. The summed E-state index contributed by atoms with van der Waals surface area (Å²) in [5.74, 6) is 2.15. The van der Waals surface area contributed by atoms with Crippen LogP contribution in [0.25, 0.3) is 10.9 Å². The molecule has 0 spiro atoms. The van der Waals surface area contributed by atoms with Crippen LogP contribution >= 0.6 is 0 Å². The fourth-order valence-electron chi connectivity index (χ4n) is 6.34. The van der Waals surface area contributed by atoms with E-state index in [1.54, 1.807) is 6.20 Å². The topological polar surface area (TPSA) is 74.0 Å². The second-order valence-corrected chi connectivity index (χ2v) is 8.84. The Morgan fingerprint density at radius 2 is 1.65 bits per heavy atom. The van der Waals surface area contributed by atoms with E-state index in [1.807, 2.05) is 24.3 Å². The summed E-state index contributed by atoms with van der Waals surface area (Å²) in [6.07, 6.45) is 9.94. The van der Waals surface area contributed by atoms with Crippen LogP contribution in [0.5, 0.6) is 0 Å². The summed E-state index contributed by atoms with van der Waals surface area (Å²) in [5.41, 5.74) is 6.91. The quantitative estimate of drug-likeness (QED) is 0.740. The summed E-state index contributed by atoms with van der Waals surface area (Å²) in [7, 11) is 0. The number of carbonyl (C=O) groups is 2. The van der Waals surface area contributed by atoms with E-state index in [4.69, 9.17) is 0 Å². The van der Waals surface area contributed by atoms with Crippen molar-refractivity contribution in [3.63, 3.8) is 0 Å². The highest BCUT2D eigenvalue weighted by atomic mass is 16.2. The fraction of sp³-hybridized carbons (Fsp3) is 0.524. The van der Waals surface area contributed by atoms with E-state index in [9.17, 15) is 9.59 Å². The smallest absolute Gasteiger partial charge is 0.271 e. The van der Waals surface area contributed by atoms with Crippen molar-refractivity contribution in [1.82, 2.24) is 15.8 Å². The SMILES string of the molecule is O=C(CC12CC3CC(CC(C3)C1)C2)NNC(=O)c1c[nH]c2ccccc12. The van der Waals surface area contributed by atoms with Gasteiger partial charge in [-0.25, -0.2) is 0 Å². The molecule has 1 aromatic heterocycles. The molecule has 4 aliphatic rings. The second kappa shape index (κ2) is 5.86. The first-order valence-electron chi connectivity index (χ1n) is 9.75. The minimum Gasteiger partial charge on any atom is -0.360 e. The van der Waals surface area contributed by atoms with Gasteiger partial charge in [-0.15, -0.1) is 0 Å². The predicted molar refractivity (Wildman–Crippen MR) is 99.1 cm³/mol. The number of aromatic nitrogens is 1. The predicted octanol–water partition coefficient (Wildman–Crippen LogP) is 3.54. The normalized spacial score (nSPS) is 31.9. The summed E-state index contributed by atoms with van der Waals surface area (Å²) >= 11 is 0. The number of hydrogen-bond donors (Lipinski definition) is 3. The van der Waals surface area contributed by atoms with Crippen LogP contribution < -0.4 is 10.9 Å². The van der Waals surface area contributed by atoms with E-state index in [2.05, 4.69) is 15.8 Å². The van der Waals surface area contributed by atoms with Gasteiger partial charge in [0.1, 0.15) is 0 Å². The van der Waals surface area contributed by atoms with Crippen LogP contribution in [-0.2, 0) is 4.79 Å². The van der Waals surface area contributed by atoms with Crippen molar-refractivity contribution in [2.24, 2.45) is 23.2 Å². The molecular formula is C21H25N3O2. The maximum Gasteiger partial charge on any atom is 0.271 e. The Hall–Kier alpha value is -2.30. The van der Waals surface area contributed by atoms with Gasteiger partial charge in [-0.2, -0.15) is 0 Å². The minimum atomic E-state index is -0.277. The maximum atomic E-state index is 12.5. The summed E-state index contributed by atoms with van der Waals surface area (Å²) < 4.78 is 0. The molecule has 6 rings (SSSR count). The van der Waals surface area contributed by atoms with Crippen molar-refractivity contribution in [1.29, 1.82) is 0 Å². The number of amides is 2. The zero-order valence-electron chi connectivity index (χ0n) is 14.9. The molecule has 0 aliphatic heterocycles. The molecule has 136 valence electrons. The third kappa shape index (κ3) is 2.70. The number of rotatable bonds is 3. The highest BCUT2D eigenvalue weighted by Crippen LogP contribution is 2.61. The van der Waals surface area contributed by atoms with Gasteiger partial charge in [-0.1, -0.05) is 18.2 Å². The van der Waals surface area contributed by atoms with Crippen LogP contribution in [-0.4, -0.2) is 16.8 Å². The number of hydrogen-bond acceptors (Lipinski definition) is 2. The number of fused-ring (bicyclic) bond motifs is 1. The summed E-state index contributed by atoms with van der Waals surface area (Å²) in [4.78, 5) is 28.1. The van der Waals surface area contributed by atoms with Gasteiger partial charge >= 0.3 is 0 Å². The molecule has 2 amide bonds. The monoisotopic (exact) mass is 351 g/mol. The lowest BCUT2D eigenvalue weighted by Crippen LogP contribution is -2.50. The molecule has 4 bridgehead atoms. The number of para-hydroxylation sites is 1. The number of aromatic amines is 1. The van der Waals surface area contributed by atoms with Gasteiger partial charge in [0, 0.05) is 23.5 Å². The summed E-state index contributed by atoms with van der Waals surface area (Å²) in [6, 6.07) is 7.65. The minimum absolute atomic E-state index is 0.0554. The van der Waals surface area contributed by atoms with E-state index >= 15 is 0 Å². The average Bonchev–Trinajstić information content (AvgIpc) is 3.02. The molecule has 0 atom stereocenters. The Labute approximate surface area is 152 Å². The lowest BCUT2D eigenvalue weighted by atomic mass is 9.49. The van der Waals surface area contributed by atoms with Gasteiger partial charge in [0.15, 0.2) is 0 Å². The standard InChI is InChI=1S/C21H25N3O2/c25-19(11-21-8-13-5-14(9-21)7-15(6-13)10-21)23-24-20(26)17-12-22-18-4-2-1-3-16(17)18/h1-4,12-15,22H,5-11H2,(H,23,25)(H,24,26). The van der Waals surface area contributed by atoms with Gasteiger partial charge in [-0.05, 0) is 67.8 Å². The third-order valence-corrected chi connectivity index (χ3v) is 6.85. The molecule has 1 heterocycles. The molecule has 0 saturated heterocycles. The Bertz CT molecular complexity index is 834. The molecule has 26 heavy (non-hydrogen) atoms. The van der Waals surface area contributed by atoms with Crippen LogP contribution in [0.4, 0.5) is 0 Å². The van der Waals surface area contributed by atoms with E-state index < -0.39 is 0 Å². The summed E-state index contributed by atoms with van der Waals surface area (Å²) in [6.45, 7) is 0. The van der Waals surface area contributed by atoms with Crippen LogP contribution in [0.3, 0.4) is 0 Å². The zero-order valence-corrected chi connectivity index (χ0v) is 14.9. The zero-order chi connectivity index (χ0) is 17.7. The first kappa shape index (κ1) is 15.9. The van der Waals surface area contributed by atoms with Crippen molar-refractivity contribution in [3.8, 4) is 0 Å². The van der Waals surface area contributed by atoms with Gasteiger partial charge < -0.3 is 4.98 Å². The van der Waals surface area contributed by atoms with Crippen LogP contribution in [0.2, 0.25) is 0 Å². The molecule has 3 N–H and O–H groups in total. The molecule has 2 aromatic rings. The average molecular weight is 351 g/mol. The molecule has 0 unspecified atom stereocenters. The lowest BCUT2D eigenvalue weighted by Gasteiger charge is -2.56. The molecular weight excluding hydrogens is 326 g/mol. The third-order valence-electron chi connectivity index (χ3n) is 6.85. The lowest BCUT2D eigenvalue weighted by molar-refractivity contribution is -0.130. The van der Waals surface area contributed by atoms with E-state index in [0.29, 0.717) is 12.0 Å². The van der Waals surface area contributed by atoms with E-state index in [0.717, 1.165) is 28.7 Å². The molecule has 4 fully saturated rings. The van der Waals surface area contributed by atoms with E-state index in [-0.39, 0.29) is 17.2 Å². The molecule has 0 radical (unpaired) electrons. The number of hydrazine groups is 1. The van der Waals surface area contributed by atoms with Crippen LogP contribution in [0.15, 0.2) is 30.5 Å². The van der Waals surface area contributed by atoms with Gasteiger partial charge in [-0.3, -0.25) is 20.4 Å². The van der Waals surface area contributed by atoms with Crippen molar-refractivity contribution in [3.05, 3.63) is 36.0 Å². The maximum absolute atomic E-state index is 12.5. The van der Waals surface area contributed by atoms with Gasteiger partial charge in [0.05, 0.1) is 5.56 Å². The molecule has 4 aliphatic carbocycles. The number of benzene rings is 1. The first-order chi connectivity index (χ1) is 12.6. The molecule has 5 nitrogen and oxygen atoms in total. The van der Waals surface area contributed by atoms with Crippen LogP contribution in [0, 0.1) is 23.2 Å². The number of nitrogens with one attached hydrogen (secondary N) is 3. The van der Waals surface area contributed by atoms with Crippen molar-refractivity contribution >= 4 is 22.7 Å². The van der Waals surface area contributed by atoms with Gasteiger partial charge in [0.25, 0.3) is 5.91 Å². The van der Waals surface area contributed by atoms with Crippen molar-refractivity contribution in [2.75, 3.05) is 0 Å². The Balaban J connectivity index is 1.22. The van der Waals surface area contributed by atoms with Gasteiger partial charge in [0.2, 0.25) is 5.91 Å². The van der Waals surface area contributed by atoms with Crippen molar-refractivity contribution < 1.29 is 9.59 Å². The van der Waals surface area contributed by atoms with Crippen LogP contribution in [0.1, 0.15) is 55.3 Å². The molecule has 4 saturated carbocycles.